The van der Waals surface area contributed by atoms with Crippen LogP contribution >= 0.6 is 23.2 Å². The predicted octanol–water partition coefficient (Wildman–Crippen LogP) is 4.90. The Morgan fingerprint density at radius 3 is 2.61 bits per heavy atom. The molecule has 2 atom stereocenters. The minimum absolute atomic E-state index is 0.0723. The number of halogens is 5. The molecule has 0 saturated carbocycles. The molecule has 0 bridgehead atoms. The number of hydrogen-bond donors (Lipinski definition) is 3. The van der Waals surface area contributed by atoms with Gasteiger partial charge in [0.1, 0.15) is 11.9 Å². The average molecular weight is 609 g/mol. The highest BCUT2D eigenvalue weighted by molar-refractivity contribution is 6.39. The van der Waals surface area contributed by atoms with Crippen LogP contribution in [0, 0.1) is 0 Å². The highest BCUT2D eigenvalue weighted by Gasteiger charge is 2.50. The van der Waals surface area contributed by atoms with Crippen LogP contribution in [0.3, 0.4) is 0 Å². The van der Waals surface area contributed by atoms with E-state index in [1.54, 1.807) is 24.4 Å². The minimum Gasteiger partial charge on any atom is -0.369 e. The third-order valence-electron chi connectivity index (χ3n) is 7.26. The van der Waals surface area contributed by atoms with E-state index < -0.39 is 12.7 Å². The molecule has 2 saturated heterocycles. The summed E-state index contributed by atoms with van der Waals surface area (Å²) in [6.07, 6.45) is -3.03. The summed E-state index contributed by atoms with van der Waals surface area (Å²) in [5.74, 6) is 1.06. The standard InChI is InChI=1S/C27H29Cl2F3N8O/c1-38-15-40(22-19(28)3-2-4-20(22)29)25-23(41-25)18-13-35-26(37-24(18)38)36-17-5-6-21(39-9-7-33-8-10-39)16(11-17)12-34-14-27(30,31)32/h2-6,11,13,23,25,33-34H,7-10,12,14-15H2,1H3,(H,35,36,37). The number of hydrogen-bond acceptors (Lipinski definition) is 9. The SMILES string of the molecule is CN1CN(c2c(Cl)cccc2Cl)C2OC2c2cnc(Nc3ccc(N4CCNCC4)c(CNCC(F)(F)F)c3)nc21. The number of piperazine rings is 1. The van der Waals surface area contributed by atoms with E-state index in [0.29, 0.717) is 39.9 Å². The number of rotatable bonds is 7. The molecule has 3 aliphatic heterocycles. The molecule has 9 nitrogen and oxygen atoms in total. The lowest BCUT2D eigenvalue weighted by Gasteiger charge is -2.31. The normalized spacial score (nSPS) is 20.4. The van der Waals surface area contributed by atoms with Gasteiger partial charge in [0.2, 0.25) is 5.95 Å². The van der Waals surface area contributed by atoms with Crippen LogP contribution in [0.4, 0.5) is 42.0 Å². The second-order valence-corrected chi connectivity index (χ2v) is 11.0. The zero-order valence-corrected chi connectivity index (χ0v) is 23.7. The maximum atomic E-state index is 12.8. The van der Waals surface area contributed by atoms with E-state index in [0.717, 1.165) is 43.0 Å². The molecule has 0 spiro atoms. The van der Waals surface area contributed by atoms with Crippen LogP contribution in [0.2, 0.25) is 10.0 Å². The monoisotopic (exact) mass is 608 g/mol. The van der Waals surface area contributed by atoms with Gasteiger partial charge in [-0.05, 0) is 35.9 Å². The van der Waals surface area contributed by atoms with Gasteiger partial charge in [-0.3, -0.25) is 0 Å². The lowest BCUT2D eigenvalue weighted by Crippen LogP contribution is -2.44. The van der Waals surface area contributed by atoms with Gasteiger partial charge in [-0.15, -0.1) is 0 Å². The van der Waals surface area contributed by atoms with Crippen molar-refractivity contribution in [3.8, 4) is 0 Å². The number of benzene rings is 2. The third kappa shape index (κ3) is 6.12. The summed E-state index contributed by atoms with van der Waals surface area (Å²) >= 11 is 13.0. The van der Waals surface area contributed by atoms with Crippen molar-refractivity contribution in [1.29, 1.82) is 0 Å². The summed E-state index contributed by atoms with van der Waals surface area (Å²) in [6, 6.07) is 11.1. The van der Waals surface area contributed by atoms with E-state index in [4.69, 9.17) is 32.9 Å². The summed E-state index contributed by atoms with van der Waals surface area (Å²) in [7, 11) is 1.92. The summed E-state index contributed by atoms with van der Waals surface area (Å²) in [5.41, 5.74) is 3.89. The van der Waals surface area contributed by atoms with Crippen LogP contribution in [-0.4, -0.2) is 68.8 Å². The second kappa shape index (κ2) is 11.3. The van der Waals surface area contributed by atoms with Crippen LogP contribution in [0.5, 0.6) is 0 Å². The number of anilines is 5. The molecule has 3 aromatic rings. The molecular formula is C27H29Cl2F3N8O. The summed E-state index contributed by atoms with van der Waals surface area (Å²) < 4.78 is 44.5. The molecule has 3 N–H and O–H groups in total. The van der Waals surface area contributed by atoms with Crippen LogP contribution in [-0.2, 0) is 11.3 Å². The first-order valence-electron chi connectivity index (χ1n) is 13.3. The molecule has 218 valence electrons. The first-order valence-corrected chi connectivity index (χ1v) is 14.0. The quantitative estimate of drug-likeness (QED) is 0.324. The van der Waals surface area contributed by atoms with E-state index in [-0.39, 0.29) is 18.9 Å². The van der Waals surface area contributed by atoms with Gasteiger partial charge in [0.25, 0.3) is 0 Å². The fourth-order valence-corrected chi connectivity index (χ4v) is 5.96. The molecular weight excluding hydrogens is 580 g/mol. The Hall–Kier alpha value is -3.03. The molecule has 3 aliphatic rings. The number of alkyl halides is 3. The van der Waals surface area contributed by atoms with Crippen molar-refractivity contribution >= 4 is 52.0 Å². The van der Waals surface area contributed by atoms with Crippen LogP contribution in [0.1, 0.15) is 17.2 Å². The van der Waals surface area contributed by atoms with Gasteiger partial charge in [0.05, 0.1) is 28.9 Å². The molecule has 6 rings (SSSR count). The van der Waals surface area contributed by atoms with E-state index in [1.807, 2.05) is 35.0 Å². The van der Waals surface area contributed by atoms with Gasteiger partial charge in [0, 0.05) is 62.9 Å². The van der Waals surface area contributed by atoms with E-state index in [9.17, 15) is 13.2 Å². The number of aromatic nitrogens is 2. The van der Waals surface area contributed by atoms with Gasteiger partial charge >= 0.3 is 6.18 Å². The number of nitrogens with one attached hydrogen (secondary N) is 3. The first-order chi connectivity index (χ1) is 19.7. The number of nitrogens with zero attached hydrogens (tertiary/aromatic N) is 5. The van der Waals surface area contributed by atoms with Crippen molar-refractivity contribution in [2.24, 2.45) is 0 Å². The van der Waals surface area contributed by atoms with E-state index in [1.165, 1.54) is 0 Å². The molecule has 0 radical (unpaired) electrons. The maximum Gasteiger partial charge on any atom is 0.401 e. The van der Waals surface area contributed by atoms with Crippen LogP contribution in [0.25, 0.3) is 0 Å². The number of epoxide rings is 1. The summed E-state index contributed by atoms with van der Waals surface area (Å²) in [6.45, 7) is 2.63. The van der Waals surface area contributed by atoms with Crippen molar-refractivity contribution in [3.63, 3.8) is 0 Å². The number of fused-ring (bicyclic) bond motifs is 3. The zero-order chi connectivity index (χ0) is 28.7. The Labute approximate surface area is 245 Å². The topological polar surface area (TPSA) is 84.1 Å². The molecule has 14 heteroatoms. The fourth-order valence-electron chi connectivity index (χ4n) is 5.34. The summed E-state index contributed by atoms with van der Waals surface area (Å²) in [5, 5.41) is 10.1. The maximum absolute atomic E-state index is 12.8. The predicted molar refractivity (Wildman–Crippen MR) is 154 cm³/mol. The molecule has 1 aromatic heterocycles. The molecule has 2 fully saturated rings. The van der Waals surface area contributed by atoms with Gasteiger partial charge in [-0.25, -0.2) is 4.98 Å². The minimum atomic E-state index is -4.29. The van der Waals surface area contributed by atoms with Crippen molar-refractivity contribution in [1.82, 2.24) is 20.6 Å². The van der Waals surface area contributed by atoms with E-state index >= 15 is 0 Å². The van der Waals surface area contributed by atoms with Crippen LogP contribution < -0.4 is 30.7 Å². The highest BCUT2D eigenvalue weighted by atomic mass is 35.5. The third-order valence-corrected chi connectivity index (χ3v) is 7.87. The average Bonchev–Trinajstić information content (AvgIpc) is 3.73. The van der Waals surface area contributed by atoms with Gasteiger partial charge < -0.3 is 35.4 Å². The smallest absolute Gasteiger partial charge is 0.369 e. The van der Waals surface area contributed by atoms with Crippen molar-refractivity contribution in [2.75, 3.05) is 66.5 Å². The Morgan fingerprint density at radius 2 is 1.88 bits per heavy atom. The molecule has 0 aliphatic carbocycles. The molecule has 2 aromatic carbocycles. The Bertz CT molecular complexity index is 1400. The van der Waals surface area contributed by atoms with Gasteiger partial charge in [0.15, 0.2) is 6.23 Å². The molecule has 2 unspecified atom stereocenters. The first kappa shape index (κ1) is 28.1. The van der Waals surface area contributed by atoms with Crippen LogP contribution in [0.15, 0.2) is 42.6 Å². The zero-order valence-electron chi connectivity index (χ0n) is 22.2. The van der Waals surface area contributed by atoms with Gasteiger partial charge in [-0.2, -0.15) is 18.2 Å². The van der Waals surface area contributed by atoms with Crippen molar-refractivity contribution in [2.45, 2.75) is 25.1 Å². The molecule has 4 heterocycles. The largest absolute Gasteiger partial charge is 0.401 e. The lowest BCUT2D eigenvalue weighted by atomic mass is 10.1. The van der Waals surface area contributed by atoms with Crippen molar-refractivity contribution in [3.05, 3.63) is 63.8 Å². The fraction of sp³-hybridized carbons (Fsp3) is 0.407. The lowest BCUT2D eigenvalue weighted by molar-refractivity contribution is -0.125. The van der Waals surface area contributed by atoms with Crippen molar-refractivity contribution < 1.29 is 17.9 Å². The molecule has 0 amide bonds. The molecule has 41 heavy (non-hydrogen) atoms. The number of ether oxygens (including phenoxy) is 1. The Morgan fingerprint density at radius 1 is 1.12 bits per heavy atom. The Balaban J connectivity index is 1.24. The van der Waals surface area contributed by atoms with E-state index in [2.05, 4.69) is 25.8 Å². The number of para-hydroxylation sites is 1. The second-order valence-electron chi connectivity index (χ2n) is 10.2. The highest BCUT2D eigenvalue weighted by Crippen LogP contribution is 2.50. The Kier molecular flexibility index (Phi) is 7.77. The summed E-state index contributed by atoms with van der Waals surface area (Å²) in [4.78, 5) is 15.5. The van der Waals surface area contributed by atoms with Gasteiger partial charge in [-0.1, -0.05) is 29.3 Å².